The van der Waals surface area contributed by atoms with E-state index >= 15 is 0 Å². The topological polar surface area (TPSA) is 72.3 Å². The number of aromatic hydroxyl groups is 1. The minimum absolute atomic E-state index is 0.0391. The van der Waals surface area contributed by atoms with Crippen molar-refractivity contribution in [2.75, 3.05) is 6.54 Å². The summed E-state index contributed by atoms with van der Waals surface area (Å²) in [4.78, 5) is 0. The maximum Gasteiger partial charge on any atom is 0.144 e. The van der Waals surface area contributed by atoms with Crippen LogP contribution in [-0.2, 0) is 0 Å². The van der Waals surface area contributed by atoms with Crippen LogP contribution in [0.4, 0.5) is 8.78 Å². The number of halogens is 3. The molecule has 1 atom stereocenters. The summed E-state index contributed by atoms with van der Waals surface area (Å²) >= 11 is 2.77. The lowest BCUT2D eigenvalue weighted by Crippen LogP contribution is -2.22. The van der Waals surface area contributed by atoms with Gasteiger partial charge in [-0.2, -0.15) is 0 Å². The molecule has 0 saturated carbocycles. The zero-order valence-electron chi connectivity index (χ0n) is 7.10. The third-order valence-corrected chi connectivity index (χ3v) is 2.56. The Morgan fingerprint density at radius 2 is 2.00 bits per heavy atom. The van der Waals surface area contributed by atoms with E-state index in [0.29, 0.717) is 6.07 Å². The molecule has 14 heavy (non-hydrogen) atoms. The van der Waals surface area contributed by atoms with E-state index < -0.39 is 23.4 Å². The van der Waals surface area contributed by atoms with Crippen LogP contribution in [0.25, 0.3) is 0 Å². The highest BCUT2D eigenvalue weighted by molar-refractivity contribution is 9.10. The van der Waals surface area contributed by atoms with Gasteiger partial charge >= 0.3 is 0 Å². The maximum absolute atomic E-state index is 13.2. The molecule has 0 aliphatic rings. The van der Waals surface area contributed by atoms with Crippen LogP contribution in [0, 0.1) is 11.6 Å². The van der Waals surface area contributed by atoms with Crippen molar-refractivity contribution in [3.63, 3.8) is 0 Å². The van der Waals surface area contributed by atoms with Gasteiger partial charge in [0, 0.05) is 24.2 Å². The van der Waals surface area contributed by atoms with E-state index in [-0.39, 0.29) is 16.6 Å². The van der Waals surface area contributed by atoms with Gasteiger partial charge in [0.05, 0.1) is 4.47 Å². The molecule has 0 spiro atoms. The van der Waals surface area contributed by atoms with Gasteiger partial charge in [-0.05, 0) is 15.9 Å². The first kappa shape index (κ1) is 11.4. The number of hydrogen-bond acceptors (Lipinski definition) is 3. The molecule has 1 rings (SSSR count). The second-order valence-corrected chi connectivity index (χ2v) is 3.55. The molecule has 0 heterocycles. The number of hydrogen-bond donors (Lipinski definition) is 3. The minimum atomic E-state index is -0.902. The van der Waals surface area contributed by atoms with Crippen LogP contribution in [0.1, 0.15) is 11.6 Å². The van der Waals surface area contributed by atoms with E-state index in [2.05, 4.69) is 15.9 Å². The molecule has 5 N–H and O–H groups in total. The molecular weight excluding hydrogens is 258 g/mol. The van der Waals surface area contributed by atoms with E-state index in [1.807, 2.05) is 0 Å². The highest BCUT2D eigenvalue weighted by atomic mass is 79.9. The molecule has 1 aromatic rings. The Kier molecular flexibility index (Phi) is 3.41. The van der Waals surface area contributed by atoms with E-state index in [1.54, 1.807) is 0 Å². The van der Waals surface area contributed by atoms with Crippen molar-refractivity contribution < 1.29 is 13.9 Å². The molecule has 0 saturated heterocycles. The Labute approximate surface area is 87.8 Å². The van der Waals surface area contributed by atoms with Gasteiger partial charge in [-0.1, -0.05) is 0 Å². The van der Waals surface area contributed by atoms with Gasteiger partial charge in [0.1, 0.15) is 17.4 Å². The first-order valence-corrected chi connectivity index (χ1v) is 4.60. The van der Waals surface area contributed by atoms with Crippen molar-refractivity contribution in [1.29, 1.82) is 0 Å². The summed E-state index contributed by atoms with van der Waals surface area (Å²) in [6, 6.07) is -0.207. The summed E-state index contributed by atoms with van der Waals surface area (Å²) < 4.78 is 25.8. The van der Waals surface area contributed by atoms with Gasteiger partial charge in [-0.25, -0.2) is 8.78 Å². The van der Waals surface area contributed by atoms with Crippen LogP contribution in [0.15, 0.2) is 10.5 Å². The quantitative estimate of drug-likeness (QED) is 0.709. The van der Waals surface area contributed by atoms with Gasteiger partial charge < -0.3 is 16.6 Å². The molecule has 78 valence electrons. The smallest absolute Gasteiger partial charge is 0.144 e. The predicted molar refractivity (Wildman–Crippen MR) is 51.7 cm³/mol. The average Bonchev–Trinajstić information content (AvgIpc) is 2.14. The monoisotopic (exact) mass is 266 g/mol. The molecule has 0 fully saturated rings. The van der Waals surface area contributed by atoms with Gasteiger partial charge in [0.2, 0.25) is 0 Å². The highest BCUT2D eigenvalue weighted by Gasteiger charge is 2.20. The molecule has 3 nitrogen and oxygen atoms in total. The number of phenols is 1. The Morgan fingerprint density at radius 1 is 1.43 bits per heavy atom. The van der Waals surface area contributed by atoms with Crippen LogP contribution in [0.2, 0.25) is 0 Å². The van der Waals surface area contributed by atoms with Crippen molar-refractivity contribution in [1.82, 2.24) is 0 Å². The standard InChI is InChI=1S/C8H9BrF2N2O/c9-7-4(11)1-3(10)6(8(7)14)5(13)2-12/h1,5,14H,2,12-13H2. The Balaban J connectivity index is 3.36. The van der Waals surface area contributed by atoms with Crippen LogP contribution < -0.4 is 11.5 Å². The predicted octanol–water partition coefficient (Wildman–Crippen LogP) is 1.39. The van der Waals surface area contributed by atoms with Gasteiger partial charge in [-0.3, -0.25) is 0 Å². The molecule has 0 aliphatic heterocycles. The van der Waals surface area contributed by atoms with Crippen LogP contribution in [0.5, 0.6) is 5.75 Å². The summed E-state index contributed by atoms with van der Waals surface area (Å²) in [6.07, 6.45) is 0. The summed E-state index contributed by atoms with van der Waals surface area (Å²) in [5.41, 5.74) is 10.5. The number of nitrogens with two attached hydrogens (primary N) is 2. The largest absolute Gasteiger partial charge is 0.506 e. The third-order valence-electron chi connectivity index (χ3n) is 1.81. The summed E-state index contributed by atoms with van der Waals surface area (Å²) in [6.45, 7) is -0.0391. The normalized spacial score (nSPS) is 12.9. The van der Waals surface area contributed by atoms with E-state index in [1.165, 1.54) is 0 Å². The fourth-order valence-corrected chi connectivity index (χ4v) is 1.40. The number of rotatable bonds is 2. The molecule has 0 bridgehead atoms. The van der Waals surface area contributed by atoms with Gasteiger partial charge in [-0.15, -0.1) is 0 Å². The summed E-state index contributed by atoms with van der Waals surface area (Å²) in [7, 11) is 0. The lowest BCUT2D eigenvalue weighted by Gasteiger charge is -2.13. The lowest BCUT2D eigenvalue weighted by molar-refractivity contribution is 0.436. The molecule has 0 aliphatic carbocycles. The molecule has 1 unspecified atom stereocenters. The molecule has 0 radical (unpaired) electrons. The third kappa shape index (κ3) is 1.87. The second-order valence-electron chi connectivity index (χ2n) is 2.76. The van der Waals surface area contributed by atoms with Crippen molar-refractivity contribution in [3.8, 4) is 5.75 Å². The highest BCUT2D eigenvalue weighted by Crippen LogP contribution is 2.35. The van der Waals surface area contributed by atoms with Crippen LogP contribution in [0.3, 0.4) is 0 Å². The van der Waals surface area contributed by atoms with Crippen molar-refractivity contribution in [2.45, 2.75) is 6.04 Å². The number of benzene rings is 1. The van der Waals surface area contributed by atoms with E-state index in [4.69, 9.17) is 11.5 Å². The first-order valence-electron chi connectivity index (χ1n) is 3.81. The lowest BCUT2D eigenvalue weighted by atomic mass is 10.1. The van der Waals surface area contributed by atoms with Crippen LogP contribution in [-0.4, -0.2) is 11.7 Å². The number of phenolic OH excluding ortho intramolecular Hbond substituents is 1. The molecule has 0 amide bonds. The zero-order chi connectivity index (χ0) is 10.9. The molecule has 1 aromatic carbocycles. The Hall–Kier alpha value is -0.720. The fourth-order valence-electron chi connectivity index (χ4n) is 1.07. The maximum atomic E-state index is 13.2. The first-order chi connectivity index (χ1) is 6.49. The fraction of sp³-hybridized carbons (Fsp3) is 0.250. The summed E-state index contributed by atoms with van der Waals surface area (Å²) in [5.74, 6) is -2.32. The Bertz CT molecular complexity index is 360. The van der Waals surface area contributed by atoms with Crippen molar-refractivity contribution in [2.24, 2.45) is 11.5 Å². The zero-order valence-corrected chi connectivity index (χ0v) is 8.68. The van der Waals surface area contributed by atoms with E-state index in [9.17, 15) is 13.9 Å². The SMILES string of the molecule is NCC(N)c1c(F)cc(F)c(Br)c1O. The minimum Gasteiger partial charge on any atom is -0.506 e. The summed E-state index contributed by atoms with van der Waals surface area (Å²) in [5, 5.41) is 9.40. The average molecular weight is 267 g/mol. The van der Waals surface area contributed by atoms with Crippen molar-refractivity contribution >= 4 is 15.9 Å². The van der Waals surface area contributed by atoms with Crippen LogP contribution >= 0.6 is 15.9 Å². The van der Waals surface area contributed by atoms with Gasteiger partial charge in [0.15, 0.2) is 0 Å². The molecule has 6 heteroatoms. The molecule has 0 aromatic heterocycles. The Morgan fingerprint density at radius 3 is 2.50 bits per heavy atom. The molecular formula is C8H9BrF2N2O. The van der Waals surface area contributed by atoms with Gasteiger partial charge in [0.25, 0.3) is 0 Å². The second kappa shape index (κ2) is 4.20. The van der Waals surface area contributed by atoms with E-state index in [0.717, 1.165) is 0 Å². The van der Waals surface area contributed by atoms with Crippen molar-refractivity contribution in [3.05, 3.63) is 27.7 Å².